The molecule has 2 heterocycles. The third-order valence-electron chi connectivity index (χ3n) is 3.48. The van der Waals surface area contributed by atoms with Gasteiger partial charge in [-0.1, -0.05) is 13.3 Å². The molecule has 0 bridgehead atoms. The fourth-order valence-corrected chi connectivity index (χ4v) is 2.79. The summed E-state index contributed by atoms with van der Waals surface area (Å²) in [6, 6.07) is 0. The quantitative estimate of drug-likeness (QED) is 0.717. The van der Waals surface area contributed by atoms with E-state index in [-0.39, 0.29) is 0 Å². The van der Waals surface area contributed by atoms with E-state index in [1.54, 1.807) is 0 Å². The Kier molecular flexibility index (Phi) is 2.89. The second-order valence-corrected chi connectivity index (χ2v) is 4.81. The van der Waals surface area contributed by atoms with Gasteiger partial charge in [0.15, 0.2) is 0 Å². The molecule has 2 heteroatoms. The number of ether oxygens (including phenoxy) is 1. The first-order valence-electron chi connectivity index (χ1n) is 5.63. The summed E-state index contributed by atoms with van der Waals surface area (Å²) in [6.45, 7) is 6.81. The summed E-state index contributed by atoms with van der Waals surface area (Å²) >= 11 is 0. The maximum atomic E-state index is 5.38. The van der Waals surface area contributed by atoms with Crippen molar-refractivity contribution in [2.24, 2.45) is 11.3 Å². The molecule has 0 aromatic heterocycles. The number of nitrogens with one attached hydrogen (secondary N) is 1. The lowest BCUT2D eigenvalue weighted by atomic mass is 9.74. The van der Waals surface area contributed by atoms with E-state index >= 15 is 0 Å². The first-order chi connectivity index (χ1) is 6.35. The Morgan fingerprint density at radius 2 is 2.31 bits per heavy atom. The van der Waals surface area contributed by atoms with Crippen LogP contribution in [0.25, 0.3) is 0 Å². The van der Waals surface area contributed by atoms with E-state index in [1.807, 2.05) is 0 Å². The number of hydrogen-bond donors (Lipinski definition) is 1. The molecular formula is C11H21NO. The van der Waals surface area contributed by atoms with Crippen LogP contribution in [0.2, 0.25) is 0 Å². The van der Waals surface area contributed by atoms with Crippen molar-refractivity contribution >= 4 is 0 Å². The van der Waals surface area contributed by atoms with E-state index in [1.165, 1.54) is 38.8 Å². The van der Waals surface area contributed by atoms with Gasteiger partial charge in [-0.2, -0.15) is 0 Å². The molecule has 0 saturated carbocycles. The highest BCUT2D eigenvalue weighted by atomic mass is 16.5. The normalized spacial score (nSPS) is 31.6. The topological polar surface area (TPSA) is 21.3 Å². The lowest BCUT2D eigenvalue weighted by Crippen LogP contribution is -2.44. The Balaban J connectivity index is 1.82. The van der Waals surface area contributed by atoms with Crippen LogP contribution in [0.5, 0.6) is 0 Å². The number of hydrogen-bond acceptors (Lipinski definition) is 2. The van der Waals surface area contributed by atoms with Gasteiger partial charge in [-0.25, -0.2) is 0 Å². The van der Waals surface area contributed by atoms with Crippen LogP contribution in [-0.2, 0) is 4.74 Å². The van der Waals surface area contributed by atoms with E-state index < -0.39 is 0 Å². The molecule has 13 heavy (non-hydrogen) atoms. The zero-order chi connectivity index (χ0) is 9.15. The monoisotopic (exact) mass is 183 g/mol. The molecule has 0 aliphatic carbocycles. The van der Waals surface area contributed by atoms with Gasteiger partial charge in [0.05, 0.1) is 13.2 Å². The Hall–Kier alpha value is -0.0800. The van der Waals surface area contributed by atoms with Crippen molar-refractivity contribution in [2.45, 2.75) is 32.6 Å². The van der Waals surface area contributed by atoms with Gasteiger partial charge in [0.25, 0.3) is 0 Å². The summed E-state index contributed by atoms with van der Waals surface area (Å²) in [7, 11) is 0. The maximum absolute atomic E-state index is 5.38. The van der Waals surface area contributed by atoms with E-state index in [9.17, 15) is 0 Å². The Morgan fingerprint density at radius 1 is 1.46 bits per heavy atom. The van der Waals surface area contributed by atoms with Gasteiger partial charge in [0.1, 0.15) is 0 Å². The summed E-state index contributed by atoms with van der Waals surface area (Å²) in [5.74, 6) is 0.926. The molecule has 2 rings (SSSR count). The lowest BCUT2D eigenvalue weighted by Gasteiger charge is -2.43. The molecule has 2 fully saturated rings. The lowest BCUT2D eigenvalue weighted by molar-refractivity contribution is -0.128. The summed E-state index contributed by atoms with van der Waals surface area (Å²) in [6.07, 6.45) is 5.45. The van der Waals surface area contributed by atoms with Crippen LogP contribution < -0.4 is 5.32 Å². The van der Waals surface area contributed by atoms with Crippen molar-refractivity contribution in [2.75, 3.05) is 26.3 Å². The predicted molar refractivity (Wildman–Crippen MR) is 53.8 cm³/mol. The molecule has 0 amide bonds. The molecule has 2 aliphatic heterocycles. The van der Waals surface area contributed by atoms with E-state index in [2.05, 4.69) is 12.2 Å². The van der Waals surface area contributed by atoms with Gasteiger partial charge in [0.2, 0.25) is 0 Å². The highest BCUT2D eigenvalue weighted by molar-refractivity contribution is 4.89. The van der Waals surface area contributed by atoms with Crippen LogP contribution in [0.15, 0.2) is 0 Å². The van der Waals surface area contributed by atoms with E-state index in [4.69, 9.17) is 4.74 Å². The molecule has 2 saturated heterocycles. The van der Waals surface area contributed by atoms with Crippen molar-refractivity contribution < 1.29 is 4.74 Å². The van der Waals surface area contributed by atoms with Gasteiger partial charge < -0.3 is 10.1 Å². The van der Waals surface area contributed by atoms with E-state index in [0.717, 1.165) is 19.1 Å². The molecule has 0 aromatic carbocycles. The van der Waals surface area contributed by atoms with Crippen molar-refractivity contribution in [1.82, 2.24) is 5.32 Å². The minimum Gasteiger partial charge on any atom is -0.380 e. The van der Waals surface area contributed by atoms with Gasteiger partial charge in [-0.3, -0.25) is 0 Å². The highest BCUT2D eigenvalue weighted by Gasteiger charge is 2.39. The van der Waals surface area contributed by atoms with Gasteiger partial charge in [-0.05, 0) is 38.3 Å². The second kappa shape index (κ2) is 3.97. The van der Waals surface area contributed by atoms with E-state index in [0.29, 0.717) is 5.41 Å². The molecule has 0 aromatic rings. The molecule has 2 nitrogen and oxygen atoms in total. The third-order valence-corrected chi connectivity index (χ3v) is 3.48. The zero-order valence-corrected chi connectivity index (χ0v) is 8.64. The molecule has 1 atom stereocenters. The van der Waals surface area contributed by atoms with Crippen LogP contribution >= 0.6 is 0 Å². The van der Waals surface area contributed by atoms with Gasteiger partial charge in [0, 0.05) is 5.41 Å². The predicted octanol–water partition coefficient (Wildman–Crippen LogP) is 1.80. The summed E-state index contributed by atoms with van der Waals surface area (Å²) < 4.78 is 5.38. The van der Waals surface area contributed by atoms with Crippen molar-refractivity contribution in [3.8, 4) is 0 Å². The molecular weight excluding hydrogens is 162 g/mol. The zero-order valence-electron chi connectivity index (χ0n) is 8.64. The molecule has 0 radical (unpaired) electrons. The minimum absolute atomic E-state index is 0.575. The summed E-state index contributed by atoms with van der Waals surface area (Å²) in [5, 5.41) is 3.44. The fraction of sp³-hybridized carbons (Fsp3) is 1.00. The van der Waals surface area contributed by atoms with Crippen LogP contribution in [0.4, 0.5) is 0 Å². The average Bonchev–Trinajstić information content (AvgIpc) is 2.53. The molecule has 0 spiro atoms. The fourth-order valence-electron chi connectivity index (χ4n) is 2.79. The number of rotatable bonds is 4. The molecule has 76 valence electrons. The summed E-state index contributed by atoms with van der Waals surface area (Å²) in [4.78, 5) is 0. The Labute approximate surface area is 81.0 Å². The SMILES string of the molecule is CCCC1(CC2CCNC2)COC1. The Bertz CT molecular complexity index is 159. The van der Waals surface area contributed by atoms with Crippen LogP contribution in [0.3, 0.4) is 0 Å². The van der Waals surface area contributed by atoms with Gasteiger partial charge in [-0.15, -0.1) is 0 Å². The standard InChI is InChI=1S/C11H21NO/c1-2-4-11(8-13-9-11)6-10-3-5-12-7-10/h10,12H,2-9H2,1H3. The minimum atomic E-state index is 0.575. The molecule has 1 unspecified atom stereocenters. The molecule has 1 N–H and O–H groups in total. The largest absolute Gasteiger partial charge is 0.380 e. The second-order valence-electron chi connectivity index (χ2n) is 4.81. The highest BCUT2D eigenvalue weighted by Crippen LogP contribution is 2.40. The first kappa shape index (κ1) is 9.47. The van der Waals surface area contributed by atoms with Crippen LogP contribution in [0, 0.1) is 11.3 Å². The average molecular weight is 183 g/mol. The first-order valence-corrected chi connectivity index (χ1v) is 5.63. The van der Waals surface area contributed by atoms with Crippen molar-refractivity contribution in [3.05, 3.63) is 0 Å². The molecule has 2 aliphatic rings. The van der Waals surface area contributed by atoms with Crippen molar-refractivity contribution in [3.63, 3.8) is 0 Å². The third kappa shape index (κ3) is 2.05. The van der Waals surface area contributed by atoms with Crippen LogP contribution in [0.1, 0.15) is 32.6 Å². The smallest absolute Gasteiger partial charge is 0.0544 e. The Morgan fingerprint density at radius 3 is 2.77 bits per heavy atom. The summed E-state index contributed by atoms with van der Waals surface area (Å²) in [5.41, 5.74) is 0.575. The maximum Gasteiger partial charge on any atom is 0.0544 e. The van der Waals surface area contributed by atoms with Crippen molar-refractivity contribution in [1.29, 1.82) is 0 Å². The van der Waals surface area contributed by atoms with Crippen LogP contribution in [-0.4, -0.2) is 26.3 Å². The van der Waals surface area contributed by atoms with Gasteiger partial charge >= 0.3 is 0 Å².